The first-order chi connectivity index (χ1) is 9.16. The van der Waals surface area contributed by atoms with Gasteiger partial charge in [0.05, 0.1) is 6.61 Å². The van der Waals surface area contributed by atoms with E-state index in [1.165, 1.54) is 24.0 Å². The zero-order valence-electron chi connectivity index (χ0n) is 12.5. The van der Waals surface area contributed by atoms with Crippen molar-refractivity contribution in [1.82, 2.24) is 5.32 Å². The van der Waals surface area contributed by atoms with Gasteiger partial charge < -0.3 is 10.1 Å². The Hall–Kier alpha value is -0.860. The smallest absolute Gasteiger partial charge is 0.0506 e. The van der Waals surface area contributed by atoms with Crippen LogP contribution in [0.2, 0.25) is 0 Å². The largest absolute Gasteiger partial charge is 0.381 e. The SMILES string of the molecule is CC(C)c1ccc(C(C)NCC2CCCOC2)cc1. The van der Waals surface area contributed by atoms with Gasteiger partial charge in [-0.1, -0.05) is 38.1 Å². The van der Waals surface area contributed by atoms with E-state index in [1.807, 2.05) is 0 Å². The van der Waals surface area contributed by atoms with Gasteiger partial charge in [-0.2, -0.15) is 0 Å². The lowest BCUT2D eigenvalue weighted by Crippen LogP contribution is -2.30. The molecule has 0 saturated carbocycles. The lowest BCUT2D eigenvalue weighted by Gasteiger charge is -2.24. The number of rotatable bonds is 5. The highest BCUT2D eigenvalue weighted by molar-refractivity contribution is 5.26. The summed E-state index contributed by atoms with van der Waals surface area (Å²) in [6, 6.07) is 9.43. The van der Waals surface area contributed by atoms with Crippen molar-refractivity contribution in [3.05, 3.63) is 35.4 Å². The average Bonchev–Trinajstić information content (AvgIpc) is 2.46. The third kappa shape index (κ3) is 4.32. The molecule has 1 fully saturated rings. The first-order valence-electron chi connectivity index (χ1n) is 7.58. The molecule has 1 saturated heterocycles. The molecule has 1 aliphatic rings. The summed E-state index contributed by atoms with van der Waals surface area (Å²) < 4.78 is 5.52. The highest BCUT2D eigenvalue weighted by atomic mass is 16.5. The second-order valence-electron chi connectivity index (χ2n) is 6.03. The molecule has 1 aromatic carbocycles. The van der Waals surface area contributed by atoms with Gasteiger partial charge in [0, 0.05) is 19.2 Å². The van der Waals surface area contributed by atoms with E-state index in [4.69, 9.17) is 4.74 Å². The Morgan fingerprint density at radius 1 is 1.16 bits per heavy atom. The molecule has 1 aliphatic heterocycles. The Morgan fingerprint density at radius 3 is 2.42 bits per heavy atom. The first-order valence-corrected chi connectivity index (χ1v) is 7.58. The third-order valence-electron chi connectivity index (χ3n) is 4.07. The molecule has 106 valence electrons. The van der Waals surface area contributed by atoms with Gasteiger partial charge in [-0.15, -0.1) is 0 Å². The summed E-state index contributed by atoms with van der Waals surface area (Å²) in [7, 11) is 0. The first kappa shape index (κ1) is 14.5. The zero-order chi connectivity index (χ0) is 13.7. The summed E-state index contributed by atoms with van der Waals surface area (Å²) in [5, 5.41) is 3.64. The van der Waals surface area contributed by atoms with Crippen molar-refractivity contribution in [3.8, 4) is 0 Å². The predicted molar refractivity (Wildman–Crippen MR) is 80.5 cm³/mol. The van der Waals surface area contributed by atoms with Gasteiger partial charge in [0.2, 0.25) is 0 Å². The highest BCUT2D eigenvalue weighted by Gasteiger charge is 2.15. The Bertz CT molecular complexity index is 365. The van der Waals surface area contributed by atoms with Crippen LogP contribution in [0.3, 0.4) is 0 Å². The van der Waals surface area contributed by atoms with Gasteiger partial charge in [0.25, 0.3) is 0 Å². The Morgan fingerprint density at radius 2 is 1.84 bits per heavy atom. The van der Waals surface area contributed by atoms with Crippen molar-refractivity contribution in [3.63, 3.8) is 0 Å². The molecule has 2 nitrogen and oxygen atoms in total. The van der Waals surface area contributed by atoms with Crippen LogP contribution >= 0.6 is 0 Å². The molecular formula is C17H27NO. The molecule has 0 bridgehead atoms. The third-order valence-corrected chi connectivity index (χ3v) is 4.07. The van der Waals surface area contributed by atoms with Crippen LogP contribution in [0, 0.1) is 5.92 Å². The minimum absolute atomic E-state index is 0.420. The molecule has 1 heterocycles. The summed E-state index contributed by atoms with van der Waals surface area (Å²) in [6.07, 6.45) is 2.51. The summed E-state index contributed by atoms with van der Waals surface area (Å²) in [4.78, 5) is 0. The normalized spacial score (nSPS) is 21.6. The average molecular weight is 261 g/mol. The van der Waals surface area contributed by atoms with Gasteiger partial charge in [0.15, 0.2) is 0 Å². The lowest BCUT2D eigenvalue weighted by molar-refractivity contribution is 0.0540. The number of benzene rings is 1. The number of nitrogens with one attached hydrogen (secondary N) is 1. The quantitative estimate of drug-likeness (QED) is 0.868. The Balaban J connectivity index is 1.83. The molecule has 0 aliphatic carbocycles. The van der Waals surface area contributed by atoms with Crippen LogP contribution in [0.4, 0.5) is 0 Å². The molecule has 2 heteroatoms. The fourth-order valence-electron chi connectivity index (χ4n) is 2.60. The van der Waals surface area contributed by atoms with Gasteiger partial charge >= 0.3 is 0 Å². The standard InChI is InChI=1S/C17H27NO/c1-13(2)16-6-8-17(9-7-16)14(3)18-11-15-5-4-10-19-12-15/h6-9,13-15,18H,4-5,10-12H2,1-3H3. The van der Waals surface area contributed by atoms with Gasteiger partial charge in [-0.25, -0.2) is 0 Å². The van der Waals surface area contributed by atoms with Gasteiger partial charge in [-0.05, 0) is 42.7 Å². The van der Waals surface area contributed by atoms with Crippen LogP contribution in [-0.4, -0.2) is 19.8 Å². The summed E-state index contributed by atoms with van der Waals surface area (Å²) >= 11 is 0. The van der Waals surface area contributed by atoms with E-state index in [0.29, 0.717) is 17.9 Å². The molecule has 19 heavy (non-hydrogen) atoms. The summed E-state index contributed by atoms with van der Waals surface area (Å²) in [5.74, 6) is 1.29. The monoisotopic (exact) mass is 261 g/mol. The number of hydrogen-bond acceptors (Lipinski definition) is 2. The maximum Gasteiger partial charge on any atom is 0.0506 e. The fourth-order valence-corrected chi connectivity index (χ4v) is 2.60. The topological polar surface area (TPSA) is 21.3 Å². The predicted octanol–water partition coefficient (Wildman–Crippen LogP) is 3.89. The van der Waals surface area contributed by atoms with Gasteiger partial charge in [-0.3, -0.25) is 0 Å². The van der Waals surface area contributed by atoms with E-state index >= 15 is 0 Å². The minimum atomic E-state index is 0.420. The van der Waals surface area contributed by atoms with E-state index in [9.17, 15) is 0 Å². The van der Waals surface area contributed by atoms with Gasteiger partial charge in [0.1, 0.15) is 0 Å². The van der Waals surface area contributed by atoms with Crippen LogP contribution < -0.4 is 5.32 Å². The van der Waals surface area contributed by atoms with Crippen LogP contribution in [0.1, 0.15) is 56.7 Å². The Labute approximate surface area is 117 Å². The second kappa shape index (κ2) is 7.06. The second-order valence-corrected chi connectivity index (χ2v) is 6.03. The molecule has 2 unspecified atom stereocenters. The molecule has 0 aromatic heterocycles. The van der Waals surface area contributed by atoms with Crippen molar-refractivity contribution in [1.29, 1.82) is 0 Å². The van der Waals surface area contributed by atoms with E-state index in [2.05, 4.69) is 50.4 Å². The number of ether oxygens (including phenoxy) is 1. The van der Waals surface area contributed by atoms with Crippen molar-refractivity contribution in [2.75, 3.05) is 19.8 Å². The maximum absolute atomic E-state index is 5.52. The number of hydrogen-bond donors (Lipinski definition) is 1. The molecule has 2 atom stereocenters. The minimum Gasteiger partial charge on any atom is -0.381 e. The molecule has 2 rings (SSSR count). The van der Waals surface area contributed by atoms with Crippen LogP contribution in [0.25, 0.3) is 0 Å². The van der Waals surface area contributed by atoms with Crippen molar-refractivity contribution >= 4 is 0 Å². The zero-order valence-corrected chi connectivity index (χ0v) is 12.5. The summed E-state index contributed by atoms with van der Waals surface area (Å²) in [5.41, 5.74) is 2.79. The van der Waals surface area contributed by atoms with Crippen LogP contribution in [-0.2, 0) is 4.74 Å². The van der Waals surface area contributed by atoms with Crippen LogP contribution in [0.5, 0.6) is 0 Å². The van der Waals surface area contributed by atoms with E-state index in [-0.39, 0.29) is 0 Å². The highest BCUT2D eigenvalue weighted by Crippen LogP contribution is 2.19. The van der Waals surface area contributed by atoms with Crippen LogP contribution in [0.15, 0.2) is 24.3 Å². The molecule has 0 amide bonds. The molecule has 1 N–H and O–H groups in total. The summed E-state index contributed by atoms with van der Waals surface area (Å²) in [6.45, 7) is 9.65. The molecule has 0 radical (unpaired) electrons. The van der Waals surface area contributed by atoms with E-state index in [0.717, 1.165) is 19.8 Å². The van der Waals surface area contributed by atoms with Crippen molar-refractivity contribution in [2.45, 2.75) is 45.6 Å². The molecular weight excluding hydrogens is 234 g/mol. The molecule has 0 spiro atoms. The fraction of sp³-hybridized carbons (Fsp3) is 0.647. The van der Waals surface area contributed by atoms with Crippen molar-refractivity contribution < 1.29 is 4.74 Å². The maximum atomic E-state index is 5.52. The van der Waals surface area contributed by atoms with E-state index in [1.54, 1.807) is 0 Å². The molecule has 1 aromatic rings. The van der Waals surface area contributed by atoms with Crippen molar-refractivity contribution in [2.24, 2.45) is 5.92 Å². The Kier molecular flexibility index (Phi) is 5.41. The lowest BCUT2D eigenvalue weighted by atomic mass is 9.98. The van der Waals surface area contributed by atoms with E-state index < -0.39 is 0 Å².